The summed E-state index contributed by atoms with van der Waals surface area (Å²) in [5.41, 5.74) is 4.23. The Morgan fingerprint density at radius 2 is 1.80 bits per heavy atom. The first kappa shape index (κ1) is 20.0. The standard InChI is InChI=1S/C25H23ClN2O2/c1-3-6-18-11-14-23(24(15-18)29-2)30-17-25-27-21-7-4-5-8-22(21)28(25)16-19-9-12-20(26)13-10-19/h3-15H,16-17H2,1-2H3/b6-3-. The lowest BCUT2D eigenvalue weighted by atomic mass is 10.2. The normalized spacial score (nSPS) is 11.3. The summed E-state index contributed by atoms with van der Waals surface area (Å²) in [6.45, 7) is 3.01. The molecule has 0 amide bonds. The van der Waals surface area contributed by atoms with Crippen LogP contribution in [0, 0.1) is 0 Å². The molecule has 0 aliphatic carbocycles. The Balaban J connectivity index is 1.63. The second-order valence-electron chi connectivity index (χ2n) is 6.93. The third-order valence-corrected chi connectivity index (χ3v) is 5.14. The van der Waals surface area contributed by atoms with Crippen LogP contribution >= 0.6 is 11.6 Å². The van der Waals surface area contributed by atoms with E-state index in [1.165, 1.54) is 0 Å². The fourth-order valence-corrected chi connectivity index (χ4v) is 3.55. The van der Waals surface area contributed by atoms with Crippen LogP contribution in [0.5, 0.6) is 11.5 Å². The minimum absolute atomic E-state index is 0.335. The molecule has 0 N–H and O–H groups in total. The first-order valence-electron chi connectivity index (χ1n) is 9.80. The van der Waals surface area contributed by atoms with E-state index in [2.05, 4.69) is 10.6 Å². The van der Waals surface area contributed by atoms with Crippen molar-refractivity contribution in [3.63, 3.8) is 0 Å². The number of aromatic nitrogens is 2. The molecule has 0 aliphatic rings. The molecule has 4 rings (SSSR count). The van der Waals surface area contributed by atoms with Crippen molar-refractivity contribution in [1.29, 1.82) is 0 Å². The third-order valence-electron chi connectivity index (χ3n) is 4.89. The van der Waals surface area contributed by atoms with Gasteiger partial charge in [0, 0.05) is 11.6 Å². The molecule has 30 heavy (non-hydrogen) atoms. The van der Waals surface area contributed by atoms with Crippen LogP contribution in [0.3, 0.4) is 0 Å². The highest BCUT2D eigenvalue weighted by atomic mass is 35.5. The summed E-state index contributed by atoms with van der Waals surface area (Å²) in [5, 5.41) is 0.728. The van der Waals surface area contributed by atoms with E-state index in [0.29, 0.717) is 24.7 Å². The van der Waals surface area contributed by atoms with Gasteiger partial charge in [-0.25, -0.2) is 4.98 Å². The molecule has 0 unspecified atom stereocenters. The van der Waals surface area contributed by atoms with E-state index in [1.54, 1.807) is 7.11 Å². The topological polar surface area (TPSA) is 36.3 Å². The molecule has 0 saturated heterocycles. The maximum Gasteiger partial charge on any atom is 0.161 e. The Labute approximate surface area is 181 Å². The quantitative estimate of drug-likeness (QED) is 0.350. The average Bonchev–Trinajstić information content (AvgIpc) is 3.12. The number of halogens is 1. The molecule has 0 spiro atoms. The molecule has 1 heterocycles. The Morgan fingerprint density at radius 3 is 2.57 bits per heavy atom. The number of para-hydroxylation sites is 2. The van der Waals surface area contributed by atoms with E-state index in [9.17, 15) is 0 Å². The predicted octanol–water partition coefficient (Wildman–Crippen LogP) is 6.36. The van der Waals surface area contributed by atoms with Gasteiger partial charge in [-0.05, 0) is 54.4 Å². The first-order chi connectivity index (χ1) is 14.7. The Morgan fingerprint density at radius 1 is 1.00 bits per heavy atom. The number of imidazole rings is 1. The lowest BCUT2D eigenvalue weighted by Crippen LogP contribution is -2.09. The minimum Gasteiger partial charge on any atom is -0.493 e. The molecule has 1 aromatic heterocycles. The summed E-state index contributed by atoms with van der Waals surface area (Å²) < 4.78 is 13.8. The molecule has 0 radical (unpaired) electrons. The average molecular weight is 419 g/mol. The number of methoxy groups -OCH3 is 1. The van der Waals surface area contributed by atoms with Gasteiger partial charge in [0.15, 0.2) is 11.5 Å². The lowest BCUT2D eigenvalue weighted by molar-refractivity contribution is 0.273. The van der Waals surface area contributed by atoms with Gasteiger partial charge in [-0.15, -0.1) is 0 Å². The maximum absolute atomic E-state index is 6.12. The highest BCUT2D eigenvalue weighted by molar-refractivity contribution is 6.30. The van der Waals surface area contributed by atoms with Crippen molar-refractivity contribution in [2.24, 2.45) is 0 Å². The Hall–Kier alpha value is -3.24. The zero-order valence-corrected chi connectivity index (χ0v) is 17.8. The van der Waals surface area contributed by atoms with Crippen LogP contribution in [0.1, 0.15) is 23.9 Å². The smallest absolute Gasteiger partial charge is 0.161 e. The molecule has 5 heteroatoms. The van der Waals surface area contributed by atoms with Crippen molar-refractivity contribution in [1.82, 2.24) is 9.55 Å². The molecule has 4 aromatic rings. The largest absolute Gasteiger partial charge is 0.493 e. The van der Waals surface area contributed by atoms with Gasteiger partial charge in [0.1, 0.15) is 12.4 Å². The van der Waals surface area contributed by atoms with Crippen LogP contribution in [-0.2, 0) is 13.2 Å². The molecule has 3 aromatic carbocycles. The number of hydrogen-bond donors (Lipinski definition) is 0. The summed E-state index contributed by atoms with van der Waals surface area (Å²) in [5.74, 6) is 2.24. The van der Waals surface area contributed by atoms with Gasteiger partial charge in [0.2, 0.25) is 0 Å². The number of benzene rings is 3. The number of hydrogen-bond acceptors (Lipinski definition) is 3. The zero-order valence-electron chi connectivity index (χ0n) is 17.0. The molecule has 0 saturated carbocycles. The zero-order chi connectivity index (χ0) is 20.9. The number of fused-ring (bicyclic) bond motifs is 1. The lowest BCUT2D eigenvalue weighted by Gasteiger charge is -2.13. The summed E-state index contributed by atoms with van der Waals surface area (Å²) in [7, 11) is 1.65. The maximum atomic E-state index is 6.12. The van der Waals surface area contributed by atoms with Gasteiger partial charge < -0.3 is 14.0 Å². The van der Waals surface area contributed by atoms with Crippen LogP contribution in [0.2, 0.25) is 5.02 Å². The highest BCUT2D eigenvalue weighted by Crippen LogP contribution is 2.30. The van der Waals surface area contributed by atoms with Crippen molar-refractivity contribution in [2.45, 2.75) is 20.1 Å². The van der Waals surface area contributed by atoms with E-state index >= 15 is 0 Å². The molecule has 0 aliphatic heterocycles. The highest BCUT2D eigenvalue weighted by Gasteiger charge is 2.13. The van der Waals surface area contributed by atoms with Gasteiger partial charge in [0.05, 0.1) is 18.1 Å². The van der Waals surface area contributed by atoms with Crippen LogP contribution in [0.25, 0.3) is 17.1 Å². The molecule has 0 fully saturated rings. The SMILES string of the molecule is C/C=C\c1ccc(OCc2nc3ccccc3n2Cc2ccc(Cl)cc2)c(OC)c1. The second-order valence-corrected chi connectivity index (χ2v) is 7.36. The van der Waals surface area contributed by atoms with E-state index < -0.39 is 0 Å². The van der Waals surface area contributed by atoms with E-state index in [4.69, 9.17) is 26.1 Å². The van der Waals surface area contributed by atoms with Crippen LogP contribution in [0.15, 0.2) is 72.8 Å². The molecule has 0 atom stereocenters. The summed E-state index contributed by atoms with van der Waals surface area (Å²) >= 11 is 6.04. The summed E-state index contributed by atoms with van der Waals surface area (Å²) in [6.07, 6.45) is 4.02. The van der Waals surface area contributed by atoms with Crippen LogP contribution in [0.4, 0.5) is 0 Å². The van der Waals surface area contributed by atoms with Crippen molar-refractivity contribution in [2.75, 3.05) is 7.11 Å². The summed E-state index contributed by atoms with van der Waals surface area (Å²) in [6, 6.07) is 21.9. The molecule has 0 bridgehead atoms. The van der Waals surface area contributed by atoms with Gasteiger partial charge in [-0.3, -0.25) is 0 Å². The third kappa shape index (κ3) is 4.34. The fourth-order valence-electron chi connectivity index (χ4n) is 3.43. The van der Waals surface area contributed by atoms with Gasteiger partial charge >= 0.3 is 0 Å². The Bertz CT molecular complexity index is 1180. The van der Waals surface area contributed by atoms with E-state index in [0.717, 1.165) is 33.0 Å². The number of nitrogens with zero attached hydrogens (tertiary/aromatic N) is 2. The molecule has 4 nitrogen and oxygen atoms in total. The van der Waals surface area contributed by atoms with E-state index in [1.807, 2.05) is 79.7 Å². The van der Waals surface area contributed by atoms with Gasteiger partial charge in [-0.1, -0.05) is 54.1 Å². The van der Waals surface area contributed by atoms with Crippen molar-refractivity contribution in [3.8, 4) is 11.5 Å². The van der Waals surface area contributed by atoms with Crippen LogP contribution < -0.4 is 9.47 Å². The summed E-state index contributed by atoms with van der Waals surface area (Å²) in [4.78, 5) is 4.80. The second kappa shape index (κ2) is 9.06. The number of allylic oxidation sites excluding steroid dienone is 1. The van der Waals surface area contributed by atoms with Gasteiger partial charge in [-0.2, -0.15) is 0 Å². The Kier molecular flexibility index (Phi) is 6.05. The molecular weight excluding hydrogens is 396 g/mol. The van der Waals surface area contributed by atoms with Crippen LogP contribution in [-0.4, -0.2) is 16.7 Å². The van der Waals surface area contributed by atoms with Crippen molar-refractivity contribution >= 4 is 28.7 Å². The molecule has 152 valence electrons. The monoisotopic (exact) mass is 418 g/mol. The van der Waals surface area contributed by atoms with Crippen molar-refractivity contribution < 1.29 is 9.47 Å². The fraction of sp³-hybridized carbons (Fsp3) is 0.160. The minimum atomic E-state index is 0.335. The van der Waals surface area contributed by atoms with Gasteiger partial charge in [0.25, 0.3) is 0 Å². The van der Waals surface area contributed by atoms with E-state index in [-0.39, 0.29) is 0 Å². The first-order valence-corrected chi connectivity index (χ1v) is 10.2. The number of ether oxygens (including phenoxy) is 2. The predicted molar refractivity (Wildman–Crippen MR) is 122 cm³/mol. The molecular formula is C25H23ClN2O2. The van der Waals surface area contributed by atoms with Crippen molar-refractivity contribution in [3.05, 3.63) is 94.8 Å². The number of rotatable bonds is 7.